The van der Waals surface area contributed by atoms with Crippen LogP contribution >= 0.6 is 12.2 Å². The maximum atomic E-state index is 11.6. The van der Waals surface area contributed by atoms with Gasteiger partial charge in [0.25, 0.3) is 0 Å². The van der Waals surface area contributed by atoms with Crippen LogP contribution < -0.4 is 15.4 Å². The molecule has 1 aromatic carbocycles. The summed E-state index contributed by atoms with van der Waals surface area (Å²) in [7, 11) is 1.65. The molecule has 0 spiro atoms. The number of ether oxygens (including phenoxy) is 1. The average molecular weight is 317 g/mol. The molecule has 1 amide bonds. The molecule has 1 aromatic rings. The molecule has 2 unspecified atom stereocenters. The summed E-state index contributed by atoms with van der Waals surface area (Å²) in [6.45, 7) is 0.684. The van der Waals surface area contributed by atoms with Crippen molar-refractivity contribution in [1.82, 2.24) is 0 Å². The Morgan fingerprint density at radius 1 is 1.41 bits per heavy atom. The zero-order valence-electron chi connectivity index (χ0n) is 12.4. The Morgan fingerprint density at radius 3 is 2.64 bits per heavy atom. The van der Waals surface area contributed by atoms with E-state index in [9.17, 15) is 4.79 Å². The van der Waals surface area contributed by atoms with E-state index in [0.717, 1.165) is 24.3 Å². The van der Waals surface area contributed by atoms with Gasteiger partial charge in [-0.1, -0.05) is 0 Å². The van der Waals surface area contributed by atoms with E-state index in [1.54, 1.807) is 7.11 Å². The number of isothiocyanates is 1. The highest BCUT2D eigenvalue weighted by Gasteiger charge is 2.50. The summed E-state index contributed by atoms with van der Waals surface area (Å²) < 4.78 is 5.19. The van der Waals surface area contributed by atoms with E-state index in [1.807, 2.05) is 24.3 Å². The molecule has 1 heterocycles. The minimum atomic E-state index is -0.212. The predicted molar refractivity (Wildman–Crippen MR) is 88.4 cm³/mol. The Labute approximate surface area is 135 Å². The molecule has 0 bridgehead atoms. The van der Waals surface area contributed by atoms with Crippen LogP contribution in [-0.4, -0.2) is 36.8 Å². The number of carbonyl (C=O) groups excluding carboxylic acids is 1. The second-order valence-electron chi connectivity index (χ2n) is 5.96. The van der Waals surface area contributed by atoms with Gasteiger partial charge in [0.05, 0.1) is 24.2 Å². The van der Waals surface area contributed by atoms with E-state index < -0.39 is 0 Å². The Morgan fingerprint density at radius 2 is 2.09 bits per heavy atom. The van der Waals surface area contributed by atoms with Crippen LogP contribution in [0.3, 0.4) is 0 Å². The summed E-state index contributed by atoms with van der Waals surface area (Å²) in [4.78, 5) is 18.0. The molecule has 1 saturated carbocycles. The minimum Gasteiger partial charge on any atom is -0.497 e. The average Bonchev–Trinajstić information content (AvgIpc) is 2.44. The molecule has 6 heteroatoms. The molecule has 2 atom stereocenters. The number of benzene rings is 1. The van der Waals surface area contributed by atoms with Crippen molar-refractivity contribution in [3.05, 3.63) is 24.3 Å². The lowest BCUT2D eigenvalue weighted by Crippen LogP contribution is -2.66. The van der Waals surface area contributed by atoms with Crippen molar-refractivity contribution >= 4 is 29.0 Å². The van der Waals surface area contributed by atoms with Crippen molar-refractivity contribution in [2.75, 3.05) is 18.6 Å². The first kappa shape index (κ1) is 15.0. The van der Waals surface area contributed by atoms with Gasteiger partial charge in [0.1, 0.15) is 5.75 Å². The number of carbonyl (C=O) groups is 1. The van der Waals surface area contributed by atoms with E-state index >= 15 is 0 Å². The number of primary amides is 1. The Hall–Kier alpha value is -1.91. The summed E-state index contributed by atoms with van der Waals surface area (Å²) in [6, 6.07) is 8.34. The summed E-state index contributed by atoms with van der Waals surface area (Å²) in [5.41, 5.74) is 6.65. The maximum absolute atomic E-state index is 11.6. The van der Waals surface area contributed by atoms with Gasteiger partial charge in [-0.15, -0.1) is 0 Å². The van der Waals surface area contributed by atoms with Gasteiger partial charge >= 0.3 is 0 Å². The molecule has 5 nitrogen and oxygen atoms in total. The van der Waals surface area contributed by atoms with Crippen LogP contribution in [0.15, 0.2) is 29.3 Å². The van der Waals surface area contributed by atoms with Crippen LogP contribution in [0.4, 0.5) is 5.69 Å². The number of methoxy groups -OCH3 is 1. The molecule has 2 aliphatic rings. The maximum Gasteiger partial charge on any atom is 0.224 e. The molecule has 1 aliphatic carbocycles. The number of thiocarbonyl (C=S) groups is 1. The Kier molecular flexibility index (Phi) is 4.14. The van der Waals surface area contributed by atoms with Gasteiger partial charge in [-0.3, -0.25) is 4.79 Å². The molecule has 22 heavy (non-hydrogen) atoms. The van der Waals surface area contributed by atoms with Gasteiger partial charge in [-0.2, -0.15) is 0 Å². The Bertz CT molecular complexity index is 606. The van der Waals surface area contributed by atoms with Crippen molar-refractivity contribution in [2.45, 2.75) is 24.9 Å². The van der Waals surface area contributed by atoms with E-state index in [4.69, 9.17) is 10.5 Å². The van der Waals surface area contributed by atoms with Crippen molar-refractivity contribution in [1.29, 1.82) is 0 Å². The topological polar surface area (TPSA) is 67.9 Å². The first-order valence-electron chi connectivity index (χ1n) is 7.41. The van der Waals surface area contributed by atoms with Crippen molar-refractivity contribution in [3.63, 3.8) is 0 Å². The second-order valence-corrected chi connectivity index (χ2v) is 6.14. The highest BCUT2D eigenvalue weighted by Crippen LogP contribution is 2.44. The van der Waals surface area contributed by atoms with Crippen molar-refractivity contribution in [3.8, 4) is 5.75 Å². The number of anilines is 1. The van der Waals surface area contributed by atoms with Gasteiger partial charge in [-0.25, -0.2) is 4.99 Å². The molecule has 3 rings (SSSR count). The normalized spacial score (nSPS) is 29.8. The van der Waals surface area contributed by atoms with Crippen LogP contribution in [-0.2, 0) is 4.79 Å². The van der Waals surface area contributed by atoms with Gasteiger partial charge < -0.3 is 15.4 Å². The predicted octanol–water partition coefficient (Wildman–Crippen LogP) is 1.87. The summed E-state index contributed by atoms with van der Waals surface area (Å²) in [5, 5.41) is 2.44. The lowest BCUT2D eigenvalue weighted by Gasteiger charge is -2.55. The van der Waals surface area contributed by atoms with Crippen LogP contribution in [0.25, 0.3) is 0 Å². The van der Waals surface area contributed by atoms with Crippen LogP contribution in [0.2, 0.25) is 0 Å². The molecule has 1 aliphatic heterocycles. The second kappa shape index (κ2) is 6.07. The fourth-order valence-corrected chi connectivity index (χ4v) is 3.65. The van der Waals surface area contributed by atoms with E-state index in [1.165, 1.54) is 0 Å². The first-order valence-corrected chi connectivity index (χ1v) is 7.82. The highest BCUT2D eigenvalue weighted by atomic mass is 32.1. The zero-order chi connectivity index (χ0) is 15.7. The van der Waals surface area contributed by atoms with E-state index in [-0.39, 0.29) is 23.9 Å². The molecule has 116 valence electrons. The zero-order valence-corrected chi connectivity index (χ0v) is 13.3. The third-order valence-corrected chi connectivity index (χ3v) is 4.91. The summed E-state index contributed by atoms with van der Waals surface area (Å²) >= 11 is 4.65. The molecule has 1 saturated heterocycles. The molecular weight excluding hydrogens is 298 g/mol. The number of rotatable bonds is 5. The fourth-order valence-electron chi connectivity index (χ4n) is 3.50. The van der Waals surface area contributed by atoms with Crippen LogP contribution in [0, 0.1) is 11.8 Å². The number of nitrogens with zero attached hydrogens (tertiary/aromatic N) is 2. The summed E-state index contributed by atoms with van der Waals surface area (Å²) in [5.74, 6) is 0.970. The molecule has 2 N–H and O–H groups in total. The lowest BCUT2D eigenvalue weighted by atomic mass is 9.67. The SMILES string of the molecule is COc1ccc(N2CC(C(N)=O)C2C2CC(N=C=S)C2)cc1. The molecule has 0 radical (unpaired) electrons. The Balaban J connectivity index is 1.73. The largest absolute Gasteiger partial charge is 0.497 e. The quantitative estimate of drug-likeness (QED) is 0.665. The van der Waals surface area contributed by atoms with Crippen LogP contribution in [0.1, 0.15) is 12.8 Å². The van der Waals surface area contributed by atoms with Gasteiger partial charge in [-0.05, 0) is 55.2 Å². The highest BCUT2D eigenvalue weighted by molar-refractivity contribution is 7.78. The smallest absolute Gasteiger partial charge is 0.224 e. The summed E-state index contributed by atoms with van der Waals surface area (Å²) in [6.07, 6.45) is 1.90. The number of aliphatic imine (C=N–C) groups is 1. The van der Waals surface area contributed by atoms with Gasteiger partial charge in [0, 0.05) is 18.3 Å². The van der Waals surface area contributed by atoms with E-state index in [0.29, 0.717) is 12.5 Å². The monoisotopic (exact) mass is 317 g/mol. The number of hydrogen-bond acceptors (Lipinski definition) is 5. The number of amides is 1. The van der Waals surface area contributed by atoms with E-state index in [2.05, 4.69) is 27.3 Å². The number of hydrogen-bond donors (Lipinski definition) is 1. The van der Waals surface area contributed by atoms with Gasteiger partial charge in [0.2, 0.25) is 5.91 Å². The standard InChI is InChI=1S/C16H19N3O2S/c1-21-13-4-2-12(3-5-13)19-8-14(16(17)20)15(19)10-6-11(7-10)18-9-22/h2-5,10-11,14-15H,6-8H2,1H3,(H2,17,20). The van der Waals surface area contributed by atoms with Crippen molar-refractivity contribution < 1.29 is 9.53 Å². The third-order valence-electron chi connectivity index (χ3n) is 4.80. The lowest BCUT2D eigenvalue weighted by molar-refractivity contribution is -0.125. The first-order chi connectivity index (χ1) is 10.6. The number of nitrogens with two attached hydrogens (primary N) is 1. The minimum absolute atomic E-state index is 0.0792. The third kappa shape index (κ3) is 2.60. The fraction of sp³-hybridized carbons (Fsp3) is 0.500. The molecular formula is C16H19N3O2S. The molecule has 2 fully saturated rings. The van der Waals surface area contributed by atoms with Crippen LogP contribution in [0.5, 0.6) is 5.75 Å². The van der Waals surface area contributed by atoms with Gasteiger partial charge in [0.15, 0.2) is 0 Å². The molecule has 0 aromatic heterocycles. The van der Waals surface area contributed by atoms with Crippen molar-refractivity contribution in [2.24, 2.45) is 22.6 Å².